The van der Waals surface area contributed by atoms with Gasteiger partial charge in [-0.1, -0.05) is 42.0 Å². The average Bonchev–Trinajstić information content (AvgIpc) is 3.00. The van der Waals surface area contributed by atoms with Gasteiger partial charge in [-0.15, -0.1) is 11.8 Å². The van der Waals surface area contributed by atoms with Crippen LogP contribution in [0.5, 0.6) is 0 Å². The molecule has 2 aromatic rings. The van der Waals surface area contributed by atoms with E-state index in [0.29, 0.717) is 11.1 Å². The van der Waals surface area contributed by atoms with E-state index < -0.39 is 40.0 Å². The molecule has 3 atom stereocenters. The second-order valence-corrected chi connectivity index (χ2v) is 10.1. The van der Waals surface area contributed by atoms with Gasteiger partial charge in [0.15, 0.2) is 5.78 Å². The van der Waals surface area contributed by atoms with Crippen LogP contribution in [0.15, 0.2) is 48.5 Å². The van der Waals surface area contributed by atoms with Gasteiger partial charge in [0.2, 0.25) is 5.91 Å². The Morgan fingerprint density at radius 3 is 2.32 bits per heavy atom. The van der Waals surface area contributed by atoms with Crippen molar-refractivity contribution in [2.24, 2.45) is 0 Å². The Balaban J connectivity index is 1.50. The lowest BCUT2D eigenvalue weighted by atomic mass is 9.95. The van der Waals surface area contributed by atoms with E-state index in [1.807, 2.05) is 19.1 Å². The highest BCUT2D eigenvalue weighted by Crippen LogP contribution is 2.50. The summed E-state index contributed by atoms with van der Waals surface area (Å²) in [6.07, 6.45) is 0. The van der Waals surface area contributed by atoms with Crippen LogP contribution in [0, 0.1) is 6.92 Å². The number of ketones is 1. The molecule has 0 aromatic heterocycles. The van der Waals surface area contributed by atoms with Crippen molar-refractivity contribution < 1.29 is 24.3 Å². The normalized spacial score (nSPS) is 23.6. The zero-order chi connectivity index (χ0) is 22.5. The van der Waals surface area contributed by atoms with Crippen molar-refractivity contribution in [2.45, 2.75) is 43.0 Å². The summed E-state index contributed by atoms with van der Waals surface area (Å²) >= 11 is 1.36. The molecule has 2 N–H and O–H groups in total. The number of hydrogen-bond acceptors (Lipinski definition) is 5. The van der Waals surface area contributed by atoms with Crippen molar-refractivity contribution in [1.29, 1.82) is 0 Å². The van der Waals surface area contributed by atoms with Crippen molar-refractivity contribution in [2.75, 3.05) is 0 Å². The number of carboxylic acid groups (broad SMARTS) is 1. The zero-order valence-electron chi connectivity index (χ0n) is 17.3. The molecule has 0 saturated carbocycles. The third kappa shape index (κ3) is 3.61. The van der Waals surface area contributed by atoms with Crippen LogP contribution < -0.4 is 5.32 Å². The number of aliphatic carboxylic acids is 1. The van der Waals surface area contributed by atoms with Crippen LogP contribution in [0.3, 0.4) is 0 Å². The van der Waals surface area contributed by atoms with Gasteiger partial charge in [-0.05, 0) is 32.9 Å². The van der Waals surface area contributed by atoms with E-state index in [4.69, 9.17) is 0 Å². The van der Waals surface area contributed by atoms with Crippen molar-refractivity contribution in [3.05, 3.63) is 70.8 Å². The van der Waals surface area contributed by atoms with Crippen molar-refractivity contribution in [3.8, 4) is 0 Å². The van der Waals surface area contributed by atoms with E-state index >= 15 is 0 Å². The molecule has 31 heavy (non-hydrogen) atoms. The number of fused-ring (bicyclic) bond motifs is 1. The minimum absolute atomic E-state index is 0.196. The quantitative estimate of drug-likeness (QED) is 0.549. The Morgan fingerprint density at radius 1 is 1.03 bits per heavy atom. The summed E-state index contributed by atoms with van der Waals surface area (Å²) in [5.74, 6) is -2.14. The van der Waals surface area contributed by atoms with Crippen molar-refractivity contribution >= 4 is 35.3 Å². The first-order valence-electron chi connectivity index (χ1n) is 9.85. The molecule has 160 valence electrons. The Hall–Kier alpha value is -3.13. The van der Waals surface area contributed by atoms with Gasteiger partial charge in [0, 0.05) is 21.4 Å². The van der Waals surface area contributed by atoms with E-state index in [9.17, 15) is 24.3 Å². The summed E-state index contributed by atoms with van der Waals surface area (Å²) in [4.78, 5) is 51.1. The first-order chi connectivity index (χ1) is 14.6. The fraction of sp³-hybridized carbons (Fsp3) is 0.304. The van der Waals surface area contributed by atoms with Crippen LogP contribution in [0.2, 0.25) is 0 Å². The molecule has 8 heteroatoms. The highest BCUT2D eigenvalue weighted by atomic mass is 32.2. The zero-order valence-corrected chi connectivity index (χ0v) is 18.1. The summed E-state index contributed by atoms with van der Waals surface area (Å²) < 4.78 is -0.661. The number of β-lactam (4-membered cyclic amide) rings is 1. The minimum atomic E-state index is -1.06. The Labute approximate surface area is 183 Å². The first-order valence-corrected chi connectivity index (χ1v) is 10.7. The summed E-state index contributed by atoms with van der Waals surface area (Å²) in [7, 11) is 0. The van der Waals surface area contributed by atoms with E-state index in [1.165, 1.54) is 22.7 Å². The number of aryl methyl sites for hydroxylation is 1. The van der Waals surface area contributed by atoms with Gasteiger partial charge in [-0.3, -0.25) is 14.4 Å². The van der Waals surface area contributed by atoms with Crippen LogP contribution in [0.1, 0.15) is 45.7 Å². The van der Waals surface area contributed by atoms with Crippen LogP contribution in [0.4, 0.5) is 0 Å². The Bertz CT molecular complexity index is 1100. The molecule has 0 radical (unpaired) electrons. The van der Waals surface area contributed by atoms with E-state index in [1.54, 1.807) is 44.2 Å². The van der Waals surface area contributed by atoms with Gasteiger partial charge >= 0.3 is 5.97 Å². The molecule has 2 aliphatic rings. The Kier molecular flexibility index (Phi) is 5.13. The fourth-order valence-corrected chi connectivity index (χ4v) is 5.67. The molecule has 2 amide bonds. The van der Waals surface area contributed by atoms with Gasteiger partial charge in [0.1, 0.15) is 17.5 Å². The molecule has 2 heterocycles. The van der Waals surface area contributed by atoms with Gasteiger partial charge < -0.3 is 15.3 Å². The average molecular weight is 439 g/mol. The molecule has 0 bridgehead atoms. The van der Waals surface area contributed by atoms with E-state index in [-0.39, 0.29) is 11.3 Å². The number of hydrogen-bond donors (Lipinski definition) is 2. The van der Waals surface area contributed by atoms with Crippen molar-refractivity contribution in [3.63, 3.8) is 0 Å². The fourth-order valence-electron chi connectivity index (χ4n) is 4.04. The molecular weight excluding hydrogens is 416 g/mol. The van der Waals surface area contributed by atoms with Gasteiger partial charge in [-0.2, -0.15) is 0 Å². The number of carbonyl (C=O) groups is 4. The predicted molar refractivity (Wildman–Crippen MR) is 116 cm³/mol. The molecule has 2 aliphatic heterocycles. The number of nitrogens with zero attached hydrogens (tertiary/aromatic N) is 1. The predicted octanol–water partition coefficient (Wildman–Crippen LogP) is 2.47. The van der Waals surface area contributed by atoms with Crippen LogP contribution in [0.25, 0.3) is 0 Å². The second-order valence-electron chi connectivity index (χ2n) is 8.33. The maximum absolute atomic E-state index is 12.8. The maximum atomic E-state index is 12.8. The lowest BCUT2D eigenvalue weighted by Crippen LogP contribution is -2.70. The second kappa shape index (κ2) is 7.53. The van der Waals surface area contributed by atoms with Crippen LogP contribution in [-0.4, -0.2) is 55.8 Å². The largest absolute Gasteiger partial charge is 0.480 e. The minimum Gasteiger partial charge on any atom is -0.480 e. The molecule has 4 rings (SSSR count). The van der Waals surface area contributed by atoms with Crippen LogP contribution >= 0.6 is 11.8 Å². The Morgan fingerprint density at radius 2 is 1.68 bits per heavy atom. The highest BCUT2D eigenvalue weighted by molar-refractivity contribution is 8.01. The molecule has 0 spiro atoms. The highest BCUT2D eigenvalue weighted by Gasteiger charge is 2.64. The number of amides is 2. The van der Waals surface area contributed by atoms with E-state index in [0.717, 1.165) is 5.56 Å². The van der Waals surface area contributed by atoms with Crippen LogP contribution in [-0.2, 0) is 9.59 Å². The number of rotatable bonds is 5. The number of carboxylic acids is 1. The molecule has 2 fully saturated rings. The first kappa shape index (κ1) is 21.1. The monoisotopic (exact) mass is 438 g/mol. The molecule has 7 nitrogen and oxygen atoms in total. The topological polar surface area (TPSA) is 104 Å². The van der Waals surface area contributed by atoms with Gasteiger partial charge in [-0.25, -0.2) is 4.79 Å². The number of thioether (sulfide) groups is 1. The molecular formula is C23H22N2O5S. The third-order valence-corrected chi connectivity index (χ3v) is 7.23. The number of carbonyl (C=O) groups excluding carboxylic acids is 3. The lowest BCUT2D eigenvalue weighted by molar-refractivity contribution is -0.159. The summed E-state index contributed by atoms with van der Waals surface area (Å²) in [6, 6.07) is 11.8. The van der Waals surface area contributed by atoms with Gasteiger partial charge in [0.05, 0.1) is 0 Å². The number of nitrogens with one attached hydrogen (secondary N) is 1. The molecule has 0 aliphatic carbocycles. The molecule has 2 saturated heterocycles. The molecule has 0 unspecified atom stereocenters. The third-order valence-electron chi connectivity index (χ3n) is 5.66. The van der Waals surface area contributed by atoms with Crippen molar-refractivity contribution in [1.82, 2.24) is 10.2 Å². The lowest BCUT2D eigenvalue weighted by Gasteiger charge is -2.43. The summed E-state index contributed by atoms with van der Waals surface area (Å²) in [5.41, 5.74) is 2.21. The summed E-state index contributed by atoms with van der Waals surface area (Å²) in [5, 5.41) is 11.8. The molecule has 2 aromatic carbocycles. The number of benzene rings is 2. The SMILES string of the molecule is Cc1ccc(C(=O)c2cccc(C(=O)N[C@@H]3C(=O)N4[C@@H]3SC(C)(C)[C@@H]4C(=O)O)c2)cc1. The standard InChI is InChI=1S/C23H22N2O5S/c1-12-7-9-13(10-8-12)17(26)14-5-4-6-15(11-14)19(27)24-16-20(28)25-18(22(29)30)23(2,3)31-21(16)25/h4-11,16,18,21H,1-3H3,(H,24,27)(H,29,30)/t16-,18+,21-/m1/s1. The summed E-state index contributed by atoms with van der Waals surface area (Å²) in [6.45, 7) is 5.49. The van der Waals surface area contributed by atoms with E-state index in [2.05, 4.69) is 5.32 Å². The maximum Gasteiger partial charge on any atom is 0.327 e. The van der Waals surface area contributed by atoms with Gasteiger partial charge in [0.25, 0.3) is 5.91 Å². The smallest absolute Gasteiger partial charge is 0.327 e.